The molecule has 3 aromatic rings. The Bertz CT molecular complexity index is 717. The highest BCUT2D eigenvalue weighted by Gasteiger charge is 2.05. The van der Waals surface area contributed by atoms with Crippen molar-refractivity contribution in [1.82, 2.24) is 4.98 Å². The van der Waals surface area contributed by atoms with Crippen LogP contribution in [0.4, 0.5) is 0 Å². The van der Waals surface area contributed by atoms with Gasteiger partial charge >= 0.3 is 0 Å². The first-order valence-corrected chi connectivity index (χ1v) is 6.77. The minimum Gasteiger partial charge on any atom is -0.358 e. The molecule has 0 saturated carbocycles. The van der Waals surface area contributed by atoms with Crippen LogP contribution in [0.1, 0.15) is 27.9 Å². The summed E-state index contributed by atoms with van der Waals surface area (Å²) >= 11 is 0. The van der Waals surface area contributed by atoms with Crippen molar-refractivity contribution in [2.45, 2.75) is 27.2 Å². The van der Waals surface area contributed by atoms with Gasteiger partial charge in [0.05, 0.1) is 0 Å². The van der Waals surface area contributed by atoms with Crippen molar-refractivity contribution in [1.29, 1.82) is 0 Å². The first-order chi connectivity index (χ1) is 9.13. The predicted molar refractivity (Wildman–Crippen MR) is 81.8 cm³/mol. The van der Waals surface area contributed by atoms with Crippen LogP contribution in [0.25, 0.3) is 10.9 Å². The first kappa shape index (κ1) is 12.0. The first-order valence-electron chi connectivity index (χ1n) is 6.77. The van der Waals surface area contributed by atoms with Crippen molar-refractivity contribution in [3.63, 3.8) is 0 Å². The lowest BCUT2D eigenvalue weighted by atomic mass is 10.0. The molecular formula is C18H19N. The molecule has 1 heterocycles. The molecule has 0 unspecified atom stereocenters. The second-order valence-corrected chi connectivity index (χ2v) is 5.42. The maximum atomic E-state index is 3.43. The van der Waals surface area contributed by atoms with Crippen LogP contribution in [0.15, 0.2) is 42.5 Å². The van der Waals surface area contributed by atoms with Crippen LogP contribution in [-0.2, 0) is 6.42 Å². The van der Waals surface area contributed by atoms with Crippen molar-refractivity contribution >= 4 is 10.9 Å². The summed E-state index contributed by atoms with van der Waals surface area (Å²) in [7, 11) is 0. The normalized spacial score (nSPS) is 11.1. The van der Waals surface area contributed by atoms with Crippen LogP contribution in [0.3, 0.4) is 0 Å². The zero-order chi connectivity index (χ0) is 13.4. The standard InChI is InChI=1S/C18H19N/c1-12-4-6-15(7-5-12)10-16-8-9-18-17(11-16)13(2)14(3)19-18/h4-9,11,19H,10H2,1-3H3. The summed E-state index contributed by atoms with van der Waals surface area (Å²) in [6.45, 7) is 6.45. The molecule has 0 aliphatic heterocycles. The van der Waals surface area contributed by atoms with Crippen molar-refractivity contribution in [2.24, 2.45) is 0 Å². The Morgan fingerprint density at radius 3 is 2.26 bits per heavy atom. The summed E-state index contributed by atoms with van der Waals surface area (Å²) in [5.74, 6) is 0. The summed E-state index contributed by atoms with van der Waals surface area (Å²) in [5, 5.41) is 1.35. The Kier molecular flexibility index (Phi) is 2.90. The Morgan fingerprint density at radius 1 is 0.842 bits per heavy atom. The van der Waals surface area contributed by atoms with E-state index in [1.807, 2.05) is 0 Å². The average molecular weight is 249 g/mol. The van der Waals surface area contributed by atoms with Crippen LogP contribution < -0.4 is 0 Å². The molecule has 0 spiro atoms. The Hall–Kier alpha value is -2.02. The number of rotatable bonds is 2. The van der Waals surface area contributed by atoms with Gasteiger partial charge < -0.3 is 4.98 Å². The fraction of sp³-hybridized carbons (Fsp3) is 0.222. The van der Waals surface area contributed by atoms with Crippen LogP contribution in [-0.4, -0.2) is 4.98 Å². The summed E-state index contributed by atoms with van der Waals surface area (Å²) in [5.41, 5.74) is 7.93. The molecule has 1 nitrogen and oxygen atoms in total. The van der Waals surface area contributed by atoms with Gasteiger partial charge in [-0.2, -0.15) is 0 Å². The van der Waals surface area contributed by atoms with E-state index in [1.54, 1.807) is 0 Å². The highest BCUT2D eigenvalue weighted by Crippen LogP contribution is 2.23. The molecule has 1 heteroatoms. The molecule has 1 aromatic heterocycles. The SMILES string of the molecule is Cc1ccc(Cc2ccc3[nH]c(C)c(C)c3c2)cc1. The smallest absolute Gasteiger partial charge is 0.0458 e. The maximum Gasteiger partial charge on any atom is 0.0458 e. The van der Waals surface area contributed by atoms with Gasteiger partial charge in [0.1, 0.15) is 0 Å². The predicted octanol–water partition coefficient (Wildman–Crippen LogP) is 4.68. The summed E-state index contributed by atoms with van der Waals surface area (Å²) in [4.78, 5) is 3.43. The summed E-state index contributed by atoms with van der Waals surface area (Å²) < 4.78 is 0. The molecule has 2 aromatic carbocycles. The molecule has 96 valence electrons. The van der Waals surface area contributed by atoms with Gasteiger partial charge in [-0.15, -0.1) is 0 Å². The highest BCUT2D eigenvalue weighted by molar-refractivity contribution is 5.85. The van der Waals surface area contributed by atoms with E-state index in [0.29, 0.717) is 0 Å². The fourth-order valence-corrected chi connectivity index (χ4v) is 2.56. The minimum absolute atomic E-state index is 1.000. The van der Waals surface area contributed by atoms with Gasteiger partial charge in [0, 0.05) is 16.6 Å². The lowest BCUT2D eigenvalue weighted by Gasteiger charge is -2.03. The van der Waals surface area contributed by atoms with Gasteiger partial charge in [0.25, 0.3) is 0 Å². The van der Waals surface area contributed by atoms with E-state index in [-0.39, 0.29) is 0 Å². The van der Waals surface area contributed by atoms with Crippen molar-refractivity contribution in [2.75, 3.05) is 0 Å². The largest absolute Gasteiger partial charge is 0.358 e. The fourth-order valence-electron chi connectivity index (χ4n) is 2.56. The number of nitrogens with one attached hydrogen (secondary N) is 1. The lowest BCUT2D eigenvalue weighted by molar-refractivity contribution is 1.19. The number of aryl methyl sites for hydroxylation is 3. The Labute approximate surface area is 114 Å². The number of hydrogen-bond donors (Lipinski definition) is 1. The summed E-state index contributed by atoms with van der Waals surface area (Å²) in [6.07, 6.45) is 1.000. The van der Waals surface area contributed by atoms with Gasteiger partial charge in [0.2, 0.25) is 0 Å². The molecule has 1 N–H and O–H groups in total. The lowest BCUT2D eigenvalue weighted by Crippen LogP contribution is -1.88. The second kappa shape index (κ2) is 4.58. The topological polar surface area (TPSA) is 15.8 Å². The molecule has 0 aliphatic carbocycles. The second-order valence-electron chi connectivity index (χ2n) is 5.42. The molecule has 0 fully saturated rings. The van der Waals surface area contributed by atoms with Gasteiger partial charge in [-0.3, -0.25) is 0 Å². The Morgan fingerprint density at radius 2 is 1.53 bits per heavy atom. The number of H-pyrrole nitrogens is 1. The van der Waals surface area contributed by atoms with Gasteiger partial charge in [0.15, 0.2) is 0 Å². The van der Waals surface area contributed by atoms with E-state index in [9.17, 15) is 0 Å². The van der Waals surface area contributed by atoms with E-state index in [1.165, 1.54) is 38.9 Å². The summed E-state index contributed by atoms with van der Waals surface area (Å²) in [6, 6.07) is 15.5. The molecule has 0 amide bonds. The third-order valence-corrected chi connectivity index (χ3v) is 3.90. The monoisotopic (exact) mass is 249 g/mol. The van der Waals surface area contributed by atoms with Gasteiger partial charge in [-0.25, -0.2) is 0 Å². The van der Waals surface area contributed by atoms with E-state index < -0.39 is 0 Å². The Balaban J connectivity index is 1.97. The molecule has 0 saturated heterocycles. The van der Waals surface area contributed by atoms with E-state index in [2.05, 4.69) is 68.2 Å². The number of benzene rings is 2. The third kappa shape index (κ3) is 2.28. The number of aromatic amines is 1. The quantitative estimate of drug-likeness (QED) is 0.678. The molecular weight excluding hydrogens is 230 g/mol. The molecule has 19 heavy (non-hydrogen) atoms. The van der Waals surface area contributed by atoms with Crippen molar-refractivity contribution in [3.05, 3.63) is 70.4 Å². The molecule has 0 aliphatic rings. The number of fused-ring (bicyclic) bond motifs is 1. The van der Waals surface area contributed by atoms with Gasteiger partial charge in [-0.05, 0) is 56.0 Å². The maximum absolute atomic E-state index is 3.43. The van der Waals surface area contributed by atoms with Crippen LogP contribution in [0, 0.1) is 20.8 Å². The number of aromatic nitrogens is 1. The highest BCUT2D eigenvalue weighted by atomic mass is 14.7. The molecule has 0 radical (unpaired) electrons. The van der Waals surface area contributed by atoms with Crippen LogP contribution >= 0.6 is 0 Å². The molecule has 0 bridgehead atoms. The van der Waals surface area contributed by atoms with E-state index in [0.717, 1.165) is 6.42 Å². The van der Waals surface area contributed by atoms with E-state index in [4.69, 9.17) is 0 Å². The molecule has 0 atom stereocenters. The van der Waals surface area contributed by atoms with Crippen molar-refractivity contribution in [3.8, 4) is 0 Å². The van der Waals surface area contributed by atoms with Gasteiger partial charge in [-0.1, -0.05) is 35.9 Å². The van der Waals surface area contributed by atoms with Crippen LogP contribution in [0.5, 0.6) is 0 Å². The zero-order valence-electron chi connectivity index (χ0n) is 11.7. The average Bonchev–Trinajstić information content (AvgIpc) is 2.69. The van der Waals surface area contributed by atoms with Crippen molar-refractivity contribution < 1.29 is 0 Å². The third-order valence-electron chi connectivity index (χ3n) is 3.90. The zero-order valence-corrected chi connectivity index (χ0v) is 11.7. The van der Waals surface area contributed by atoms with E-state index >= 15 is 0 Å². The molecule has 3 rings (SSSR count). The van der Waals surface area contributed by atoms with Crippen LogP contribution in [0.2, 0.25) is 0 Å². The minimum atomic E-state index is 1.000. The number of hydrogen-bond acceptors (Lipinski definition) is 0.